The summed E-state index contributed by atoms with van der Waals surface area (Å²) in [5, 5.41) is 12.8. The van der Waals surface area contributed by atoms with Gasteiger partial charge in [-0.25, -0.2) is 0 Å². The van der Waals surface area contributed by atoms with E-state index in [0.717, 1.165) is 22.5 Å². The number of allylic oxidation sites excluding steroid dienone is 2. The van der Waals surface area contributed by atoms with E-state index in [4.69, 9.17) is 0 Å². The number of nitro groups is 1. The molecule has 0 spiro atoms. The minimum Gasteiger partial charge on any atom is -0.258 e. The Hall–Kier alpha value is -1.55. The normalized spacial score (nSPS) is 10.8. The van der Waals surface area contributed by atoms with Crippen LogP contribution in [0, 0.1) is 24.0 Å². The Morgan fingerprint density at radius 3 is 2.67 bits per heavy atom. The Bertz CT molecular complexity index is 507. The number of hydrogen-bond donors (Lipinski definition) is 0. The lowest BCUT2D eigenvalue weighted by molar-refractivity contribution is -0.385. The van der Waals surface area contributed by atoms with Crippen molar-refractivity contribution < 1.29 is 4.92 Å². The van der Waals surface area contributed by atoms with Crippen LogP contribution in [0.5, 0.6) is 0 Å². The van der Waals surface area contributed by atoms with Crippen molar-refractivity contribution in [1.82, 2.24) is 0 Å². The lowest BCUT2D eigenvalue weighted by Crippen LogP contribution is -1.96. The van der Waals surface area contributed by atoms with Gasteiger partial charge in [0.15, 0.2) is 0 Å². The molecule has 3 nitrogen and oxygen atoms in total. The van der Waals surface area contributed by atoms with Gasteiger partial charge < -0.3 is 0 Å². The molecule has 0 saturated heterocycles. The molecule has 1 aromatic rings. The van der Waals surface area contributed by atoms with E-state index in [-0.39, 0.29) is 10.6 Å². The number of nitro benzene ring substituents is 1. The quantitative estimate of drug-likeness (QED) is 0.579. The zero-order valence-corrected chi connectivity index (χ0v) is 11.7. The third-order valence-corrected chi connectivity index (χ3v) is 3.29. The van der Waals surface area contributed by atoms with Crippen molar-refractivity contribution >= 4 is 17.4 Å². The van der Waals surface area contributed by atoms with Gasteiger partial charge in [0, 0.05) is 11.6 Å². The standard InChI is InChI=1S/C14H17NO2S/c1-10(2)18-7-5-6-13-8-12(4)14(15(16)17)9-11(13)3/h5,7-9H,1,6H2,2-4H3/b7-5+. The van der Waals surface area contributed by atoms with Gasteiger partial charge in [0.25, 0.3) is 5.69 Å². The second kappa shape index (κ2) is 6.40. The summed E-state index contributed by atoms with van der Waals surface area (Å²) < 4.78 is 0. The van der Waals surface area contributed by atoms with Crippen LogP contribution in [0.2, 0.25) is 0 Å². The van der Waals surface area contributed by atoms with Gasteiger partial charge in [0.2, 0.25) is 0 Å². The second-order valence-electron chi connectivity index (χ2n) is 4.22. The molecule has 0 unspecified atom stereocenters. The topological polar surface area (TPSA) is 43.1 Å². The molecule has 0 saturated carbocycles. The van der Waals surface area contributed by atoms with Crippen LogP contribution >= 0.6 is 11.8 Å². The van der Waals surface area contributed by atoms with Crippen LogP contribution in [0.3, 0.4) is 0 Å². The highest BCUT2D eigenvalue weighted by Gasteiger charge is 2.12. The lowest BCUT2D eigenvalue weighted by Gasteiger charge is -2.05. The molecule has 0 aliphatic carbocycles. The lowest BCUT2D eigenvalue weighted by atomic mass is 10.0. The van der Waals surface area contributed by atoms with Gasteiger partial charge in [0.05, 0.1) is 4.92 Å². The molecule has 1 rings (SSSR count). The van der Waals surface area contributed by atoms with Gasteiger partial charge in [-0.05, 0) is 54.7 Å². The molecule has 0 aromatic heterocycles. The van der Waals surface area contributed by atoms with Gasteiger partial charge in [-0.2, -0.15) is 0 Å². The predicted octanol–water partition coefficient (Wildman–Crippen LogP) is 4.53. The van der Waals surface area contributed by atoms with E-state index >= 15 is 0 Å². The molecule has 0 bridgehead atoms. The maximum Gasteiger partial charge on any atom is 0.272 e. The van der Waals surface area contributed by atoms with Crippen molar-refractivity contribution in [2.45, 2.75) is 27.2 Å². The van der Waals surface area contributed by atoms with E-state index in [1.807, 2.05) is 31.4 Å². The number of thioether (sulfide) groups is 1. The summed E-state index contributed by atoms with van der Waals surface area (Å²) in [6.45, 7) is 9.43. The molecule has 0 amide bonds. The smallest absolute Gasteiger partial charge is 0.258 e. The largest absolute Gasteiger partial charge is 0.272 e. The fourth-order valence-electron chi connectivity index (χ4n) is 1.62. The van der Waals surface area contributed by atoms with Gasteiger partial charge in [-0.15, -0.1) is 11.8 Å². The highest BCUT2D eigenvalue weighted by Crippen LogP contribution is 2.23. The Kier molecular flexibility index (Phi) is 5.16. The molecule has 1 aromatic carbocycles. The number of aryl methyl sites for hydroxylation is 2. The first-order valence-electron chi connectivity index (χ1n) is 5.63. The van der Waals surface area contributed by atoms with Crippen molar-refractivity contribution in [2.24, 2.45) is 0 Å². The molecule has 0 aliphatic rings. The molecule has 4 heteroatoms. The van der Waals surface area contributed by atoms with E-state index in [9.17, 15) is 10.1 Å². The van der Waals surface area contributed by atoms with Crippen molar-refractivity contribution in [3.8, 4) is 0 Å². The molecule has 0 heterocycles. The van der Waals surface area contributed by atoms with E-state index in [0.29, 0.717) is 5.56 Å². The van der Waals surface area contributed by atoms with Crippen molar-refractivity contribution in [2.75, 3.05) is 0 Å². The first kappa shape index (κ1) is 14.5. The molecular formula is C14H17NO2S. The average Bonchev–Trinajstić information content (AvgIpc) is 2.27. The molecule has 0 aliphatic heterocycles. The molecule has 0 fully saturated rings. The molecule has 0 atom stereocenters. The number of benzene rings is 1. The molecule has 0 N–H and O–H groups in total. The maximum atomic E-state index is 10.8. The third kappa shape index (κ3) is 4.04. The van der Waals surface area contributed by atoms with Gasteiger partial charge in [-0.3, -0.25) is 10.1 Å². The van der Waals surface area contributed by atoms with E-state index in [1.54, 1.807) is 24.8 Å². The van der Waals surface area contributed by atoms with Gasteiger partial charge >= 0.3 is 0 Å². The number of rotatable bonds is 5. The number of nitrogens with zero attached hydrogens (tertiary/aromatic N) is 1. The Morgan fingerprint density at radius 2 is 2.11 bits per heavy atom. The summed E-state index contributed by atoms with van der Waals surface area (Å²) in [4.78, 5) is 11.5. The highest BCUT2D eigenvalue weighted by molar-refractivity contribution is 8.05. The SMILES string of the molecule is C=C(C)S/C=C/Cc1cc(C)c([N+](=O)[O-])cc1C. The zero-order chi connectivity index (χ0) is 13.7. The molecule has 18 heavy (non-hydrogen) atoms. The second-order valence-corrected chi connectivity index (χ2v) is 5.42. The summed E-state index contributed by atoms with van der Waals surface area (Å²) in [7, 11) is 0. The summed E-state index contributed by atoms with van der Waals surface area (Å²) in [6, 6.07) is 3.54. The first-order valence-corrected chi connectivity index (χ1v) is 6.51. The van der Waals surface area contributed by atoms with Gasteiger partial charge in [0.1, 0.15) is 0 Å². The summed E-state index contributed by atoms with van der Waals surface area (Å²) in [6.07, 6.45) is 2.83. The Labute approximate surface area is 112 Å². The van der Waals surface area contributed by atoms with Crippen LogP contribution in [0.15, 0.2) is 35.1 Å². The highest BCUT2D eigenvalue weighted by atomic mass is 32.2. The fraction of sp³-hybridized carbons (Fsp3) is 0.286. The van der Waals surface area contributed by atoms with Crippen LogP contribution in [-0.4, -0.2) is 4.92 Å². The summed E-state index contributed by atoms with van der Waals surface area (Å²) >= 11 is 1.59. The molecular weight excluding hydrogens is 246 g/mol. The third-order valence-electron chi connectivity index (χ3n) is 2.55. The fourth-order valence-corrected chi connectivity index (χ4v) is 2.04. The van der Waals surface area contributed by atoms with Crippen molar-refractivity contribution in [3.63, 3.8) is 0 Å². The number of hydrogen-bond acceptors (Lipinski definition) is 3. The monoisotopic (exact) mass is 263 g/mol. The predicted molar refractivity (Wildman–Crippen MR) is 77.8 cm³/mol. The van der Waals surface area contributed by atoms with E-state index < -0.39 is 0 Å². The minimum absolute atomic E-state index is 0.191. The molecule has 0 radical (unpaired) electrons. The first-order chi connectivity index (χ1) is 8.41. The van der Waals surface area contributed by atoms with Crippen LogP contribution in [0.4, 0.5) is 5.69 Å². The van der Waals surface area contributed by atoms with Gasteiger partial charge in [-0.1, -0.05) is 12.7 Å². The molecule has 96 valence electrons. The van der Waals surface area contributed by atoms with Crippen LogP contribution in [0.25, 0.3) is 0 Å². The summed E-state index contributed by atoms with van der Waals surface area (Å²) in [5.41, 5.74) is 2.98. The summed E-state index contributed by atoms with van der Waals surface area (Å²) in [5.74, 6) is 0. The van der Waals surface area contributed by atoms with Crippen LogP contribution in [0.1, 0.15) is 23.6 Å². The Morgan fingerprint density at radius 1 is 1.44 bits per heavy atom. The van der Waals surface area contributed by atoms with Crippen molar-refractivity contribution in [1.29, 1.82) is 0 Å². The minimum atomic E-state index is -0.334. The van der Waals surface area contributed by atoms with Crippen LogP contribution in [-0.2, 0) is 6.42 Å². The van der Waals surface area contributed by atoms with Crippen molar-refractivity contribution in [3.05, 3.63) is 61.9 Å². The maximum absolute atomic E-state index is 10.8. The van der Waals surface area contributed by atoms with E-state index in [1.165, 1.54) is 0 Å². The Balaban J connectivity index is 2.85. The van der Waals surface area contributed by atoms with Crippen LogP contribution < -0.4 is 0 Å². The zero-order valence-electron chi connectivity index (χ0n) is 10.9. The average molecular weight is 263 g/mol. The van der Waals surface area contributed by atoms with E-state index in [2.05, 4.69) is 6.58 Å².